The van der Waals surface area contributed by atoms with Crippen LogP contribution in [0.2, 0.25) is 0 Å². The fourth-order valence-corrected chi connectivity index (χ4v) is 5.43. The van der Waals surface area contributed by atoms with E-state index in [-0.39, 0.29) is 17.2 Å². The number of Topliss-reactive ketones (excluding diaryl/α,β-unsaturated/α-hetero) is 1. The quantitative estimate of drug-likeness (QED) is 0.450. The fourth-order valence-electron chi connectivity index (χ4n) is 4.94. The van der Waals surface area contributed by atoms with Crippen molar-refractivity contribution >= 4 is 34.3 Å². The van der Waals surface area contributed by atoms with E-state index in [2.05, 4.69) is 44.3 Å². The topological polar surface area (TPSA) is 55.4 Å². The Hall–Kier alpha value is -2.53. The highest BCUT2D eigenvalue weighted by Crippen LogP contribution is 2.48. The lowest BCUT2D eigenvalue weighted by atomic mass is 9.68. The first-order chi connectivity index (χ1) is 15.3. The van der Waals surface area contributed by atoms with Crippen LogP contribution in [-0.2, 0) is 14.3 Å². The normalized spacial score (nSPS) is 20.2. The maximum Gasteiger partial charge on any atom is 0.336 e. The number of ketones is 1. The molecule has 2 aromatic carbocycles. The Balaban J connectivity index is 1.84. The summed E-state index contributed by atoms with van der Waals surface area (Å²) in [5, 5.41) is 5.57. The first-order valence-electron chi connectivity index (χ1n) is 11.3. The van der Waals surface area contributed by atoms with Gasteiger partial charge in [-0.3, -0.25) is 4.79 Å². The van der Waals surface area contributed by atoms with E-state index >= 15 is 0 Å². The van der Waals surface area contributed by atoms with Crippen LogP contribution in [0.1, 0.15) is 52.0 Å². The second-order valence-electron chi connectivity index (χ2n) is 9.33. The molecule has 1 aliphatic carbocycles. The molecular formula is C27H31NO3S. The van der Waals surface area contributed by atoms with E-state index < -0.39 is 5.92 Å². The molecule has 32 heavy (non-hydrogen) atoms. The molecule has 168 valence electrons. The molecule has 5 heteroatoms. The number of fused-ring (bicyclic) bond motifs is 1. The number of nitrogens with one attached hydrogen (secondary N) is 1. The molecule has 4 rings (SSSR count). The zero-order chi connectivity index (χ0) is 22.9. The summed E-state index contributed by atoms with van der Waals surface area (Å²) in [6, 6.07) is 14.3. The average molecular weight is 450 g/mol. The molecule has 2 aliphatic rings. The predicted octanol–water partition coefficient (Wildman–Crippen LogP) is 5.74. The molecule has 1 aliphatic heterocycles. The number of hydrogen-bond acceptors (Lipinski definition) is 5. The lowest BCUT2D eigenvalue weighted by molar-refractivity contribution is -0.138. The van der Waals surface area contributed by atoms with Crippen molar-refractivity contribution in [3.05, 3.63) is 70.6 Å². The smallest absolute Gasteiger partial charge is 0.336 e. The van der Waals surface area contributed by atoms with Gasteiger partial charge in [-0.2, -0.15) is 11.8 Å². The monoisotopic (exact) mass is 449 g/mol. The van der Waals surface area contributed by atoms with Gasteiger partial charge in [-0.05, 0) is 40.8 Å². The first kappa shape index (κ1) is 22.7. The van der Waals surface area contributed by atoms with Gasteiger partial charge in [-0.15, -0.1) is 0 Å². The maximum absolute atomic E-state index is 13.5. The van der Waals surface area contributed by atoms with Gasteiger partial charge >= 0.3 is 5.97 Å². The van der Waals surface area contributed by atoms with E-state index in [9.17, 15) is 9.59 Å². The molecular weight excluding hydrogens is 418 g/mol. The van der Waals surface area contributed by atoms with Crippen LogP contribution >= 0.6 is 11.8 Å². The Morgan fingerprint density at radius 3 is 2.69 bits per heavy atom. The number of rotatable bonds is 6. The molecule has 0 bridgehead atoms. The van der Waals surface area contributed by atoms with E-state index in [1.165, 1.54) is 0 Å². The molecule has 4 nitrogen and oxygen atoms in total. The van der Waals surface area contributed by atoms with Crippen LogP contribution in [0.5, 0.6) is 0 Å². The average Bonchev–Trinajstić information content (AvgIpc) is 2.74. The van der Waals surface area contributed by atoms with Gasteiger partial charge in [-0.1, -0.05) is 63.2 Å². The van der Waals surface area contributed by atoms with Crippen molar-refractivity contribution in [1.29, 1.82) is 0 Å². The standard InChI is InChI=1S/C27H31NO3S/c1-5-32-14-13-31-26(30)23-17(2)28-21-15-27(3,4)16-22(29)25(21)24(23)20-12-8-10-18-9-6-7-11-19(18)20/h6-12,24,28H,5,13-16H2,1-4H3/t24-/m1/s1. The van der Waals surface area contributed by atoms with Crippen molar-refractivity contribution in [2.24, 2.45) is 5.41 Å². The largest absolute Gasteiger partial charge is 0.461 e. The molecule has 1 N–H and O–H groups in total. The number of allylic oxidation sites excluding steroid dienone is 3. The van der Waals surface area contributed by atoms with Crippen molar-refractivity contribution in [1.82, 2.24) is 5.32 Å². The number of benzene rings is 2. The molecule has 1 atom stereocenters. The van der Waals surface area contributed by atoms with Gasteiger partial charge in [0.15, 0.2) is 5.78 Å². The van der Waals surface area contributed by atoms with Gasteiger partial charge in [0.05, 0.1) is 5.57 Å². The van der Waals surface area contributed by atoms with Crippen LogP contribution in [0.3, 0.4) is 0 Å². The summed E-state index contributed by atoms with van der Waals surface area (Å²) in [5.41, 5.74) is 3.87. The number of thioether (sulfide) groups is 1. The summed E-state index contributed by atoms with van der Waals surface area (Å²) in [6.07, 6.45) is 1.26. The van der Waals surface area contributed by atoms with E-state index in [1.807, 2.05) is 31.2 Å². The van der Waals surface area contributed by atoms with Crippen molar-refractivity contribution < 1.29 is 14.3 Å². The van der Waals surface area contributed by atoms with Crippen molar-refractivity contribution in [3.8, 4) is 0 Å². The van der Waals surface area contributed by atoms with Crippen molar-refractivity contribution in [2.75, 3.05) is 18.1 Å². The number of carbonyl (C=O) groups excluding carboxylic acids is 2. The number of ether oxygens (including phenoxy) is 1. The minimum atomic E-state index is -0.424. The van der Waals surface area contributed by atoms with Crippen LogP contribution < -0.4 is 5.32 Å². The van der Waals surface area contributed by atoms with Crippen molar-refractivity contribution in [2.45, 2.75) is 46.5 Å². The molecule has 0 saturated heterocycles. The highest BCUT2D eigenvalue weighted by molar-refractivity contribution is 7.99. The highest BCUT2D eigenvalue weighted by Gasteiger charge is 2.43. The Morgan fingerprint density at radius 1 is 1.16 bits per heavy atom. The van der Waals surface area contributed by atoms with E-state index in [0.717, 1.165) is 51.2 Å². The molecule has 0 fully saturated rings. The number of esters is 1. The Labute approximate surface area is 194 Å². The van der Waals surface area contributed by atoms with E-state index in [0.29, 0.717) is 18.6 Å². The second kappa shape index (κ2) is 9.14. The molecule has 1 heterocycles. The fraction of sp³-hybridized carbons (Fsp3) is 0.407. The van der Waals surface area contributed by atoms with Gasteiger partial charge in [0.1, 0.15) is 6.61 Å². The zero-order valence-electron chi connectivity index (χ0n) is 19.3. The summed E-state index contributed by atoms with van der Waals surface area (Å²) in [6.45, 7) is 8.62. The molecule has 0 aromatic heterocycles. The number of carbonyl (C=O) groups is 2. The molecule has 2 aromatic rings. The van der Waals surface area contributed by atoms with Crippen LogP contribution in [0, 0.1) is 5.41 Å². The van der Waals surface area contributed by atoms with Gasteiger partial charge < -0.3 is 10.1 Å². The van der Waals surface area contributed by atoms with Gasteiger partial charge in [0, 0.05) is 35.1 Å². The van der Waals surface area contributed by atoms with E-state index in [4.69, 9.17) is 4.74 Å². The third-order valence-corrected chi connectivity index (χ3v) is 7.12. The second-order valence-corrected chi connectivity index (χ2v) is 10.7. The Bertz CT molecular complexity index is 1120. The lowest BCUT2D eigenvalue weighted by Gasteiger charge is -2.39. The minimum absolute atomic E-state index is 0.109. The highest BCUT2D eigenvalue weighted by atomic mass is 32.2. The SMILES string of the molecule is CCSCCOC(=O)C1=C(C)NC2=C(C(=O)CC(C)(C)C2)[C@@H]1c1cccc2ccccc12. The van der Waals surface area contributed by atoms with Crippen LogP contribution in [-0.4, -0.2) is 29.9 Å². The third kappa shape index (κ3) is 4.36. The molecule has 0 unspecified atom stereocenters. The summed E-state index contributed by atoms with van der Waals surface area (Å²) in [7, 11) is 0. The predicted molar refractivity (Wildman–Crippen MR) is 132 cm³/mol. The van der Waals surface area contributed by atoms with Gasteiger partial charge in [0.25, 0.3) is 0 Å². The number of hydrogen-bond donors (Lipinski definition) is 1. The van der Waals surface area contributed by atoms with Crippen LogP contribution in [0.4, 0.5) is 0 Å². The summed E-state index contributed by atoms with van der Waals surface area (Å²) in [4.78, 5) is 26.8. The Morgan fingerprint density at radius 2 is 1.91 bits per heavy atom. The van der Waals surface area contributed by atoms with E-state index in [1.54, 1.807) is 11.8 Å². The minimum Gasteiger partial charge on any atom is -0.461 e. The van der Waals surface area contributed by atoms with Gasteiger partial charge in [0.2, 0.25) is 0 Å². The van der Waals surface area contributed by atoms with Crippen molar-refractivity contribution in [3.63, 3.8) is 0 Å². The maximum atomic E-state index is 13.5. The summed E-state index contributed by atoms with van der Waals surface area (Å²) in [5.74, 6) is 1.10. The summed E-state index contributed by atoms with van der Waals surface area (Å²) >= 11 is 1.74. The number of dihydropyridines is 1. The first-order valence-corrected chi connectivity index (χ1v) is 12.4. The van der Waals surface area contributed by atoms with Crippen LogP contribution in [0.25, 0.3) is 10.8 Å². The van der Waals surface area contributed by atoms with Crippen LogP contribution in [0.15, 0.2) is 65.0 Å². The molecule has 0 spiro atoms. The molecule has 0 amide bonds. The lowest BCUT2D eigenvalue weighted by Crippen LogP contribution is -2.38. The molecule has 0 saturated carbocycles. The van der Waals surface area contributed by atoms with Gasteiger partial charge in [-0.25, -0.2) is 4.79 Å². The summed E-state index contributed by atoms with van der Waals surface area (Å²) < 4.78 is 5.68. The third-order valence-electron chi connectivity index (χ3n) is 6.26. The Kier molecular flexibility index (Phi) is 6.47. The zero-order valence-corrected chi connectivity index (χ0v) is 20.1. The molecule has 0 radical (unpaired) electrons.